The lowest BCUT2D eigenvalue weighted by atomic mass is 10.1. The van der Waals surface area contributed by atoms with Gasteiger partial charge < -0.3 is 0 Å². The zero-order valence-electron chi connectivity index (χ0n) is 11.3. The van der Waals surface area contributed by atoms with Gasteiger partial charge in [0.2, 0.25) is 0 Å². The maximum Gasteiger partial charge on any atom is 0.159 e. The van der Waals surface area contributed by atoms with E-state index in [-0.39, 0.29) is 5.78 Å². The second-order valence-electron chi connectivity index (χ2n) is 4.95. The number of fused-ring (bicyclic) bond motifs is 1. The molecule has 102 valence electrons. The van der Waals surface area contributed by atoms with Crippen LogP contribution in [0.15, 0.2) is 58.3 Å². The SMILES string of the molecule is CC(=O)c1cccc(SCC2Cc3ccccc3S2)c1. The van der Waals surface area contributed by atoms with E-state index in [1.54, 1.807) is 6.92 Å². The van der Waals surface area contributed by atoms with Crippen molar-refractivity contribution in [2.24, 2.45) is 0 Å². The molecule has 20 heavy (non-hydrogen) atoms. The summed E-state index contributed by atoms with van der Waals surface area (Å²) >= 11 is 3.82. The zero-order valence-corrected chi connectivity index (χ0v) is 13.0. The quantitative estimate of drug-likeness (QED) is 0.602. The van der Waals surface area contributed by atoms with Gasteiger partial charge in [-0.05, 0) is 37.1 Å². The average Bonchev–Trinajstić information content (AvgIpc) is 2.88. The molecule has 0 saturated heterocycles. The zero-order chi connectivity index (χ0) is 13.9. The number of thioether (sulfide) groups is 2. The van der Waals surface area contributed by atoms with E-state index in [2.05, 4.69) is 30.3 Å². The van der Waals surface area contributed by atoms with Crippen molar-refractivity contribution < 1.29 is 4.79 Å². The van der Waals surface area contributed by atoms with Crippen LogP contribution < -0.4 is 0 Å². The standard InChI is InChI=1S/C17H16OS2/c1-12(18)13-6-4-7-15(9-13)19-11-16-10-14-5-2-3-8-17(14)20-16/h2-9,16H,10-11H2,1H3. The van der Waals surface area contributed by atoms with Crippen LogP contribution in [0.25, 0.3) is 0 Å². The fraction of sp³-hybridized carbons (Fsp3) is 0.235. The third-order valence-corrected chi connectivity index (χ3v) is 6.08. The molecule has 2 aromatic carbocycles. The first kappa shape index (κ1) is 13.8. The first-order chi connectivity index (χ1) is 9.72. The summed E-state index contributed by atoms with van der Waals surface area (Å²) in [7, 11) is 0. The highest BCUT2D eigenvalue weighted by Gasteiger charge is 2.21. The summed E-state index contributed by atoms with van der Waals surface area (Å²) in [5.41, 5.74) is 2.28. The largest absolute Gasteiger partial charge is 0.295 e. The maximum absolute atomic E-state index is 11.4. The molecule has 0 aliphatic carbocycles. The molecule has 0 saturated carbocycles. The number of hydrogen-bond donors (Lipinski definition) is 0. The minimum atomic E-state index is 0.134. The Balaban J connectivity index is 1.61. The molecule has 2 aromatic rings. The number of rotatable bonds is 4. The maximum atomic E-state index is 11.4. The van der Waals surface area contributed by atoms with E-state index >= 15 is 0 Å². The summed E-state index contributed by atoms with van der Waals surface area (Å²) < 4.78 is 0. The Morgan fingerprint density at radius 1 is 1.25 bits per heavy atom. The molecule has 1 unspecified atom stereocenters. The highest BCUT2D eigenvalue weighted by atomic mass is 32.2. The molecule has 0 aromatic heterocycles. The number of benzene rings is 2. The molecule has 1 nitrogen and oxygen atoms in total. The third-order valence-electron chi connectivity index (χ3n) is 3.39. The third kappa shape index (κ3) is 3.10. The molecule has 1 atom stereocenters. The van der Waals surface area contributed by atoms with Gasteiger partial charge in [0.1, 0.15) is 0 Å². The van der Waals surface area contributed by atoms with Crippen molar-refractivity contribution in [3.05, 3.63) is 59.7 Å². The Labute approximate surface area is 128 Å². The van der Waals surface area contributed by atoms with Gasteiger partial charge in [0.25, 0.3) is 0 Å². The van der Waals surface area contributed by atoms with Crippen LogP contribution in [0.2, 0.25) is 0 Å². The molecule has 1 heterocycles. The fourth-order valence-corrected chi connectivity index (χ4v) is 4.78. The van der Waals surface area contributed by atoms with Crippen molar-refractivity contribution in [2.75, 3.05) is 5.75 Å². The molecule has 0 N–H and O–H groups in total. The molecular formula is C17H16OS2. The van der Waals surface area contributed by atoms with Crippen molar-refractivity contribution in [3.63, 3.8) is 0 Å². The molecule has 0 spiro atoms. The minimum Gasteiger partial charge on any atom is -0.295 e. The number of hydrogen-bond acceptors (Lipinski definition) is 3. The number of carbonyl (C=O) groups excluding carboxylic acids is 1. The van der Waals surface area contributed by atoms with Crippen LogP contribution in [0.4, 0.5) is 0 Å². The molecule has 3 rings (SSSR count). The monoisotopic (exact) mass is 300 g/mol. The Kier molecular flexibility index (Phi) is 4.18. The molecule has 3 heteroatoms. The van der Waals surface area contributed by atoms with Gasteiger partial charge in [-0.3, -0.25) is 4.79 Å². The van der Waals surface area contributed by atoms with Crippen LogP contribution >= 0.6 is 23.5 Å². The van der Waals surface area contributed by atoms with Crippen molar-refractivity contribution in [3.8, 4) is 0 Å². The topological polar surface area (TPSA) is 17.1 Å². The highest BCUT2D eigenvalue weighted by molar-refractivity contribution is 8.03. The first-order valence-corrected chi connectivity index (χ1v) is 8.57. The molecule has 1 aliphatic rings. The van der Waals surface area contributed by atoms with Gasteiger partial charge in [0, 0.05) is 26.4 Å². The van der Waals surface area contributed by atoms with E-state index in [4.69, 9.17) is 0 Å². The lowest BCUT2D eigenvalue weighted by molar-refractivity contribution is 0.101. The lowest BCUT2D eigenvalue weighted by Crippen LogP contribution is -2.04. The second-order valence-corrected chi connectivity index (χ2v) is 7.38. The van der Waals surface area contributed by atoms with Crippen molar-refractivity contribution in [2.45, 2.75) is 28.4 Å². The predicted molar refractivity (Wildman–Crippen MR) is 87.0 cm³/mol. The lowest BCUT2D eigenvalue weighted by Gasteiger charge is -2.08. The van der Waals surface area contributed by atoms with Crippen LogP contribution in [0, 0.1) is 0 Å². The predicted octanol–water partition coefficient (Wildman–Crippen LogP) is 4.70. The first-order valence-electron chi connectivity index (χ1n) is 6.71. The minimum absolute atomic E-state index is 0.134. The van der Waals surface area contributed by atoms with Gasteiger partial charge in [-0.25, -0.2) is 0 Å². The summed E-state index contributed by atoms with van der Waals surface area (Å²) in [4.78, 5) is 14.0. The Hall–Kier alpha value is -1.19. The smallest absolute Gasteiger partial charge is 0.159 e. The van der Waals surface area contributed by atoms with E-state index in [0.29, 0.717) is 5.25 Å². The molecule has 1 aliphatic heterocycles. The van der Waals surface area contributed by atoms with Gasteiger partial charge in [0.15, 0.2) is 5.78 Å². The number of carbonyl (C=O) groups is 1. The van der Waals surface area contributed by atoms with Crippen LogP contribution in [0.5, 0.6) is 0 Å². The van der Waals surface area contributed by atoms with E-state index in [1.807, 2.05) is 41.7 Å². The highest BCUT2D eigenvalue weighted by Crippen LogP contribution is 2.39. The fourth-order valence-electron chi connectivity index (χ4n) is 2.34. The van der Waals surface area contributed by atoms with E-state index in [1.165, 1.54) is 15.4 Å². The van der Waals surface area contributed by atoms with Crippen molar-refractivity contribution >= 4 is 29.3 Å². The van der Waals surface area contributed by atoms with Gasteiger partial charge in [0.05, 0.1) is 0 Å². The Morgan fingerprint density at radius 3 is 2.90 bits per heavy atom. The molecule has 0 fully saturated rings. The number of ketones is 1. The normalized spacial score (nSPS) is 16.9. The van der Waals surface area contributed by atoms with E-state index < -0.39 is 0 Å². The molecule has 0 amide bonds. The van der Waals surface area contributed by atoms with Crippen LogP contribution in [0.1, 0.15) is 22.8 Å². The second kappa shape index (κ2) is 6.06. The van der Waals surface area contributed by atoms with Crippen LogP contribution in [-0.4, -0.2) is 16.8 Å². The van der Waals surface area contributed by atoms with Crippen molar-refractivity contribution in [1.29, 1.82) is 0 Å². The van der Waals surface area contributed by atoms with E-state index in [0.717, 1.165) is 17.7 Å². The van der Waals surface area contributed by atoms with Crippen molar-refractivity contribution in [1.82, 2.24) is 0 Å². The summed E-state index contributed by atoms with van der Waals surface area (Å²) in [5.74, 6) is 1.22. The molecule has 0 bridgehead atoms. The van der Waals surface area contributed by atoms with Crippen LogP contribution in [0.3, 0.4) is 0 Å². The van der Waals surface area contributed by atoms with Gasteiger partial charge in [-0.15, -0.1) is 23.5 Å². The molecular weight excluding hydrogens is 284 g/mol. The Morgan fingerprint density at radius 2 is 2.10 bits per heavy atom. The summed E-state index contributed by atoms with van der Waals surface area (Å²) in [5, 5.41) is 0.637. The van der Waals surface area contributed by atoms with E-state index in [9.17, 15) is 4.79 Å². The summed E-state index contributed by atoms with van der Waals surface area (Å²) in [6, 6.07) is 16.6. The summed E-state index contributed by atoms with van der Waals surface area (Å²) in [6.45, 7) is 1.62. The Bertz CT molecular complexity index is 611. The van der Waals surface area contributed by atoms with Gasteiger partial charge >= 0.3 is 0 Å². The number of Topliss-reactive ketones (excluding diaryl/α,β-unsaturated/α-hetero) is 1. The van der Waals surface area contributed by atoms with Gasteiger partial charge in [-0.2, -0.15) is 0 Å². The average molecular weight is 300 g/mol. The van der Waals surface area contributed by atoms with Gasteiger partial charge in [-0.1, -0.05) is 30.3 Å². The molecule has 0 radical (unpaired) electrons. The van der Waals surface area contributed by atoms with Crippen LogP contribution in [-0.2, 0) is 6.42 Å². The summed E-state index contributed by atoms with van der Waals surface area (Å²) in [6.07, 6.45) is 1.15.